The third kappa shape index (κ3) is 4.12. The smallest absolute Gasteiger partial charge is 0.00489 e. The fraction of sp³-hybridized carbons (Fsp3) is 1.00. The van der Waals surface area contributed by atoms with Crippen molar-refractivity contribution in [2.45, 2.75) is 52.9 Å². The number of rotatable bonds is 2. The molecule has 0 aliphatic heterocycles. The van der Waals surface area contributed by atoms with E-state index < -0.39 is 0 Å². The zero-order valence-corrected chi connectivity index (χ0v) is 9.47. The van der Waals surface area contributed by atoms with Gasteiger partial charge in [0.1, 0.15) is 0 Å². The first-order valence-corrected chi connectivity index (χ1v) is 5.71. The SMILES string of the molecule is CC(C)(C)CC1CCC(CN)CC1. The lowest BCUT2D eigenvalue weighted by atomic mass is 9.75. The summed E-state index contributed by atoms with van der Waals surface area (Å²) in [6, 6.07) is 0. The van der Waals surface area contributed by atoms with E-state index in [2.05, 4.69) is 20.8 Å². The predicted octanol–water partition coefficient (Wildman–Crippen LogP) is 3.19. The lowest BCUT2D eigenvalue weighted by Gasteiger charge is -2.32. The molecule has 1 aliphatic carbocycles. The Kier molecular flexibility index (Phi) is 3.78. The first kappa shape index (κ1) is 11.0. The fourth-order valence-corrected chi connectivity index (χ4v) is 2.54. The van der Waals surface area contributed by atoms with Gasteiger partial charge in [0, 0.05) is 0 Å². The first-order valence-electron chi connectivity index (χ1n) is 5.71. The van der Waals surface area contributed by atoms with Crippen LogP contribution in [0, 0.1) is 17.3 Å². The molecule has 1 fully saturated rings. The highest BCUT2D eigenvalue weighted by Gasteiger charge is 2.24. The van der Waals surface area contributed by atoms with E-state index in [9.17, 15) is 0 Å². The number of hydrogen-bond acceptors (Lipinski definition) is 1. The normalized spacial score (nSPS) is 30.5. The van der Waals surface area contributed by atoms with Crippen molar-refractivity contribution in [2.75, 3.05) is 6.54 Å². The third-order valence-corrected chi connectivity index (χ3v) is 3.20. The van der Waals surface area contributed by atoms with E-state index in [1.807, 2.05) is 0 Å². The van der Waals surface area contributed by atoms with Crippen LogP contribution in [0.1, 0.15) is 52.9 Å². The summed E-state index contributed by atoms with van der Waals surface area (Å²) in [6.07, 6.45) is 6.97. The van der Waals surface area contributed by atoms with Gasteiger partial charge in [-0.25, -0.2) is 0 Å². The van der Waals surface area contributed by atoms with Crippen molar-refractivity contribution in [3.8, 4) is 0 Å². The fourth-order valence-electron chi connectivity index (χ4n) is 2.54. The summed E-state index contributed by atoms with van der Waals surface area (Å²) in [4.78, 5) is 0. The van der Waals surface area contributed by atoms with Crippen LogP contribution in [0.5, 0.6) is 0 Å². The minimum absolute atomic E-state index is 0.514. The Morgan fingerprint density at radius 1 is 1.00 bits per heavy atom. The van der Waals surface area contributed by atoms with E-state index in [0.717, 1.165) is 18.4 Å². The quantitative estimate of drug-likeness (QED) is 0.699. The Morgan fingerprint density at radius 3 is 1.85 bits per heavy atom. The second kappa shape index (κ2) is 4.45. The molecule has 0 saturated heterocycles. The molecule has 1 saturated carbocycles. The average molecular weight is 183 g/mol. The Bertz CT molecular complexity index is 138. The van der Waals surface area contributed by atoms with Gasteiger partial charge < -0.3 is 5.73 Å². The maximum atomic E-state index is 5.68. The summed E-state index contributed by atoms with van der Waals surface area (Å²) in [5, 5.41) is 0. The molecule has 1 nitrogen and oxygen atoms in total. The van der Waals surface area contributed by atoms with Crippen LogP contribution in [-0.4, -0.2) is 6.54 Å². The molecule has 0 radical (unpaired) electrons. The zero-order valence-electron chi connectivity index (χ0n) is 9.47. The maximum absolute atomic E-state index is 5.68. The summed E-state index contributed by atoms with van der Waals surface area (Å²) in [6.45, 7) is 7.95. The van der Waals surface area contributed by atoms with Crippen molar-refractivity contribution in [2.24, 2.45) is 23.0 Å². The molecule has 1 rings (SSSR count). The summed E-state index contributed by atoms with van der Waals surface area (Å²) >= 11 is 0. The highest BCUT2D eigenvalue weighted by atomic mass is 14.5. The second-order valence-corrected chi connectivity index (χ2v) is 5.89. The molecular weight excluding hydrogens is 158 g/mol. The zero-order chi connectivity index (χ0) is 9.90. The van der Waals surface area contributed by atoms with Gasteiger partial charge in [-0.2, -0.15) is 0 Å². The summed E-state index contributed by atoms with van der Waals surface area (Å²) in [7, 11) is 0. The van der Waals surface area contributed by atoms with Crippen LogP contribution in [0.25, 0.3) is 0 Å². The predicted molar refractivity (Wildman–Crippen MR) is 58.6 cm³/mol. The summed E-state index contributed by atoms with van der Waals surface area (Å²) in [5.41, 5.74) is 6.19. The van der Waals surface area contributed by atoms with Gasteiger partial charge in [0.25, 0.3) is 0 Å². The van der Waals surface area contributed by atoms with Gasteiger partial charge in [-0.1, -0.05) is 33.6 Å². The van der Waals surface area contributed by atoms with Crippen molar-refractivity contribution >= 4 is 0 Å². The van der Waals surface area contributed by atoms with Gasteiger partial charge in [-0.15, -0.1) is 0 Å². The van der Waals surface area contributed by atoms with Crippen molar-refractivity contribution in [1.82, 2.24) is 0 Å². The largest absolute Gasteiger partial charge is 0.330 e. The molecule has 0 unspecified atom stereocenters. The lowest BCUT2D eigenvalue weighted by molar-refractivity contribution is 0.207. The molecular formula is C12H25N. The van der Waals surface area contributed by atoms with E-state index in [-0.39, 0.29) is 0 Å². The lowest BCUT2D eigenvalue weighted by Crippen LogP contribution is -2.23. The van der Waals surface area contributed by atoms with Crippen molar-refractivity contribution in [1.29, 1.82) is 0 Å². The topological polar surface area (TPSA) is 26.0 Å². The van der Waals surface area contributed by atoms with Crippen LogP contribution in [0.2, 0.25) is 0 Å². The second-order valence-electron chi connectivity index (χ2n) is 5.89. The maximum Gasteiger partial charge on any atom is -0.00489 e. The van der Waals surface area contributed by atoms with Crippen molar-refractivity contribution in [3.05, 3.63) is 0 Å². The van der Waals surface area contributed by atoms with Gasteiger partial charge in [0.15, 0.2) is 0 Å². The molecule has 0 amide bonds. The van der Waals surface area contributed by atoms with Crippen LogP contribution in [0.15, 0.2) is 0 Å². The van der Waals surface area contributed by atoms with Gasteiger partial charge >= 0.3 is 0 Å². The van der Waals surface area contributed by atoms with E-state index in [1.165, 1.54) is 32.1 Å². The van der Waals surface area contributed by atoms with Gasteiger partial charge in [0.05, 0.1) is 0 Å². The minimum Gasteiger partial charge on any atom is -0.330 e. The number of nitrogens with two attached hydrogens (primary N) is 1. The van der Waals surface area contributed by atoms with Crippen LogP contribution >= 0.6 is 0 Å². The van der Waals surface area contributed by atoms with Crippen LogP contribution in [0.4, 0.5) is 0 Å². The Hall–Kier alpha value is -0.0400. The molecule has 0 spiro atoms. The molecule has 2 N–H and O–H groups in total. The third-order valence-electron chi connectivity index (χ3n) is 3.20. The minimum atomic E-state index is 0.514. The molecule has 78 valence electrons. The van der Waals surface area contributed by atoms with Gasteiger partial charge in [-0.3, -0.25) is 0 Å². The molecule has 0 heterocycles. The molecule has 0 bridgehead atoms. The summed E-state index contributed by atoms with van der Waals surface area (Å²) in [5.74, 6) is 1.80. The van der Waals surface area contributed by atoms with Crippen LogP contribution in [0.3, 0.4) is 0 Å². The highest BCUT2D eigenvalue weighted by Crippen LogP contribution is 2.35. The molecule has 0 aromatic carbocycles. The van der Waals surface area contributed by atoms with Crippen molar-refractivity contribution < 1.29 is 0 Å². The van der Waals surface area contributed by atoms with E-state index in [1.54, 1.807) is 0 Å². The average Bonchev–Trinajstić information content (AvgIpc) is 2.03. The Labute approximate surface area is 83.1 Å². The molecule has 13 heavy (non-hydrogen) atoms. The molecule has 0 aromatic rings. The van der Waals surface area contributed by atoms with Crippen molar-refractivity contribution in [3.63, 3.8) is 0 Å². The molecule has 0 aromatic heterocycles. The molecule has 1 aliphatic rings. The Morgan fingerprint density at radius 2 is 1.46 bits per heavy atom. The van der Waals surface area contributed by atoms with E-state index >= 15 is 0 Å². The number of hydrogen-bond donors (Lipinski definition) is 1. The molecule has 1 heteroatoms. The van der Waals surface area contributed by atoms with E-state index in [0.29, 0.717) is 5.41 Å². The first-order chi connectivity index (χ1) is 6.01. The van der Waals surface area contributed by atoms with E-state index in [4.69, 9.17) is 5.73 Å². The monoisotopic (exact) mass is 183 g/mol. The van der Waals surface area contributed by atoms with Gasteiger partial charge in [0.2, 0.25) is 0 Å². The van der Waals surface area contributed by atoms with Gasteiger partial charge in [-0.05, 0) is 43.1 Å². The highest BCUT2D eigenvalue weighted by molar-refractivity contribution is 4.76. The van der Waals surface area contributed by atoms with Crippen LogP contribution < -0.4 is 5.73 Å². The Balaban J connectivity index is 2.25. The van der Waals surface area contributed by atoms with Crippen LogP contribution in [-0.2, 0) is 0 Å². The standard InChI is InChI=1S/C12H25N/c1-12(2,3)8-10-4-6-11(9-13)7-5-10/h10-11H,4-9,13H2,1-3H3. The molecule has 0 atom stereocenters. The summed E-state index contributed by atoms with van der Waals surface area (Å²) < 4.78 is 0.